The van der Waals surface area contributed by atoms with Crippen molar-refractivity contribution in [3.05, 3.63) is 90.3 Å². The SMILES string of the molecule is Cc1nc2ccccc2n1CCc1nc2c3ccccc3nc(NCc3cccnc3)n2n1. The second kappa shape index (κ2) is 7.98. The summed E-state index contributed by atoms with van der Waals surface area (Å²) in [6, 6.07) is 20.2. The lowest BCUT2D eigenvalue weighted by Crippen LogP contribution is -2.08. The molecule has 162 valence electrons. The zero-order chi connectivity index (χ0) is 22.2. The lowest BCUT2D eigenvalue weighted by Gasteiger charge is -2.08. The Morgan fingerprint density at radius 3 is 2.61 bits per heavy atom. The average molecular weight is 435 g/mol. The minimum absolute atomic E-state index is 0.601. The highest BCUT2D eigenvalue weighted by atomic mass is 15.4. The van der Waals surface area contributed by atoms with Crippen LogP contribution in [0.5, 0.6) is 0 Å². The van der Waals surface area contributed by atoms with E-state index < -0.39 is 0 Å². The molecule has 0 fully saturated rings. The standard InChI is InChI=1S/C25H22N8/c1-17-28-21-10-4-5-11-22(21)32(17)14-12-23-30-24-19-8-2-3-9-20(19)29-25(33(24)31-23)27-16-18-7-6-13-26-15-18/h2-11,13,15H,12,14,16H2,1H3,(H,27,29). The number of fused-ring (bicyclic) bond motifs is 4. The summed E-state index contributed by atoms with van der Waals surface area (Å²) in [5.74, 6) is 2.43. The number of nitrogens with zero attached hydrogens (tertiary/aromatic N) is 7. The average Bonchev–Trinajstić information content (AvgIpc) is 3.42. The van der Waals surface area contributed by atoms with Gasteiger partial charge in [-0.3, -0.25) is 4.98 Å². The second-order valence-corrected chi connectivity index (χ2v) is 7.98. The Kier molecular flexibility index (Phi) is 4.68. The van der Waals surface area contributed by atoms with Gasteiger partial charge in [0.05, 0.1) is 16.6 Å². The van der Waals surface area contributed by atoms with Crippen LogP contribution in [-0.4, -0.2) is 34.1 Å². The van der Waals surface area contributed by atoms with Gasteiger partial charge in [0.25, 0.3) is 0 Å². The molecule has 0 aliphatic heterocycles. The molecule has 8 nitrogen and oxygen atoms in total. The molecule has 0 radical (unpaired) electrons. The molecule has 8 heteroatoms. The molecule has 4 heterocycles. The number of aromatic nitrogens is 7. The van der Waals surface area contributed by atoms with E-state index in [0.29, 0.717) is 18.9 Å². The van der Waals surface area contributed by atoms with Gasteiger partial charge in [0.2, 0.25) is 5.95 Å². The summed E-state index contributed by atoms with van der Waals surface area (Å²) >= 11 is 0. The number of hydrogen-bond donors (Lipinski definition) is 1. The van der Waals surface area contributed by atoms with Gasteiger partial charge in [0, 0.05) is 37.3 Å². The quantitative estimate of drug-likeness (QED) is 0.423. The number of para-hydroxylation sites is 3. The first-order valence-electron chi connectivity index (χ1n) is 11.0. The summed E-state index contributed by atoms with van der Waals surface area (Å²) in [5.41, 5.74) is 4.90. The first-order valence-corrected chi connectivity index (χ1v) is 11.0. The van der Waals surface area contributed by atoms with Gasteiger partial charge in [0.15, 0.2) is 11.5 Å². The summed E-state index contributed by atoms with van der Waals surface area (Å²) in [7, 11) is 0. The van der Waals surface area contributed by atoms with Gasteiger partial charge in [-0.2, -0.15) is 4.52 Å². The van der Waals surface area contributed by atoms with E-state index in [1.165, 1.54) is 0 Å². The minimum atomic E-state index is 0.601. The lowest BCUT2D eigenvalue weighted by molar-refractivity contribution is 0.667. The number of nitrogens with one attached hydrogen (secondary N) is 1. The Hall–Kier alpha value is -4.33. The van der Waals surface area contributed by atoms with Gasteiger partial charge in [-0.05, 0) is 42.8 Å². The number of anilines is 1. The minimum Gasteiger partial charge on any atom is -0.350 e. The van der Waals surface area contributed by atoms with Crippen LogP contribution < -0.4 is 5.32 Å². The molecular formula is C25H22N8. The van der Waals surface area contributed by atoms with Crippen molar-refractivity contribution in [2.24, 2.45) is 0 Å². The number of pyridine rings is 1. The van der Waals surface area contributed by atoms with E-state index >= 15 is 0 Å². The molecule has 6 rings (SSSR count). The van der Waals surface area contributed by atoms with Crippen molar-refractivity contribution >= 4 is 33.5 Å². The van der Waals surface area contributed by atoms with Crippen LogP contribution in [0.1, 0.15) is 17.2 Å². The van der Waals surface area contributed by atoms with E-state index in [4.69, 9.17) is 15.1 Å². The van der Waals surface area contributed by atoms with Crippen LogP contribution in [0.25, 0.3) is 27.6 Å². The van der Waals surface area contributed by atoms with Crippen LogP contribution >= 0.6 is 0 Å². The molecule has 6 aromatic rings. The Morgan fingerprint density at radius 2 is 1.73 bits per heavy atom. The Balaban J connectivity index is 1.36. The van der Waals surface area contributed by atoms with E-state index in [9.17, 15) is 0 Å². The molecule has 0 atom stereocenters. The fourth-order valence-corrected chi connectivity index (χ4v) is 4.19. The number of benzene rings is 2. The molecule has 33 heavy (non-hydrogen) atoms. The third-order valence-electron chi connectivity index (χ3n) is 5.80. The van der Waals surface area contributed by atoms with Crippen LogP contribution in [0.2, 0.25) is 0 Å². The monoisotopic (exact) mass is 434 g/mol. The highest BCUT2D eigenvalue weighted by molar-refractivity contribution is 5.92. The van der Waals surface area contributed by atoms with Gasteiger partial charge in [-0.15, -0.1) is 5.10 Å². The van der Waals surface area contributed by atoms with Gasteiger partial charge in [-0.25, -0.2) is 15.0 Å². The summed E-state index contributed by atoms with van der Waals surface area (Å²) in [4.78, 5) is 18.6. The number of aryl methyl sites for hydroxylation is 3. The zero-order valence-electron chi connectivity index (χ0n) is 18.2. The van der Waals surface area contributed by atoms with Crippen LogP contribution in [0.15, 0.2) is 73.1 Å². The molecule has 0 unspecified atom stereocenters. The van der Waals surface area contributed by atoms with E-state index in [1.807, 2.05) is 72.2 Å². The largest absolute Gasteiger partial charge is 0.350 e. The number of rotatable bonds is 6. The Bertz CT molecular complexity index is 1580. The molecule has 1 N–H and O–H groups in total. The molecule has 0 amide bonds. The van der Waals surface area contributed by atoms with Crippen molar-refractivity contribution < 1.29 is 0 Å². The molecular weight excluding hydrogens is 412 g/mol. The van der Waals surface area contributed by atoms with Crippen LogP contribution in [-0.2, 0) is 19.5 Å². The molecule has 0 saturated carbocycles. The van der Waals surface area contributed by atoms with Gasteiger partial charge in [-0.1, -0.05) is 30.3 Å². The van der Waals surface area contributed by atoms with Crippen molar-refractivity contribution in [1.82, 2.24) is 34.1 Å². The maximum Gasteiger partial charge on any atom is 0.226 e. The Morgan fingerprint density at radius 1 is 0.879 bits per heavy atom. The normalized spacial score (nSPS) is 11.5. The second-order valence-electron chi connectivity index (χ2n) is 7.98. The summed E-state index contributed by atoms with van der Waals surface area (Å²) in [6.45, 7) is 3.39. The molecule has 2 aromatic carbocycles. The highest BCUT2D eigenvalue weighted by Gasteiger charge is 2.14. The van der Waals surface area contributed by atoms with Crippen molar-refractivity contribution in [3.63, 3.8) is 0 Å². The molecule has 4 aromatic heterocycles. The first kappa shape index (κ1) is 19.4. The van der Waals surface area contributed by atoms with Crippen molar-refractivity contribution in [2.75, 3.05) is 5.32 Å². The highest BCUT2D eigenvalue weighted by Crippen LogP contribution is 2.22. The Labute approximate surface area is 190 Å². The predicted molar refractivity (Wildman–Crippen MR) is 128 cm³/mol. The molecule has 0 saturated heterocycles. The third-order valence-corrected chi connectivity index (χ3v) is 5.80. The molecule has 0 bridgehead atoms. The number of hydrogen-bond acceptors (Lipinski definition) is 6. The van der Waals surface area contributed by atoms with Crippen molar-refractivity contribution in [1.29, 1.82) is 0 Å². The van der Waals surface area contributed by atoms with Gasteiger partial charge >= 0.3 is 0 Å². The van der Waals surface area contributed by atoms with Gasteiger partial charge in [0.1, 0.15) is 5.82 Å². The van der Waals surface area contributed by atoms with E-state index in [1.54, 1.807) is 6.20 Å². The fraction of sp³-hybridized carbons (Fsp3) is 0.160. The maximum atomic E-state index is 4.89. The van der Waals surface area contributed by atoms with Crippen LogP contribution in [0.4, 0.5) is 5.95 Å². The molecule has 0 aliphatic rings. The summed E-state index contributed by atoms with van der Waals surface area (Å²) in [5, 5.41) is 9.20. The van der Waals surface area contributed by atoms with Crippen molar-refractivity contribution in [2.45, 2.75) is 26.4 Å². The smallest absolute Gasteiger partial charge is 0.226 e. The fourth-order valence-electron chi connectivity index (χ4n) is 4.19. The lowest BCUT2D eigenvalue weighted by atomic mass is 10.2. The van der Waals surface area contributed by atoms with Gasteiger partial charge < -0.3 is 9.88 Å². The summed E-state index contributed by atoms with van der Waals surface area (Å²) in [6.07, 6.45) is 4.31. The van der Waals surface area contributed by atoms with Crippen LogP contribution in [0, 0.1) is 6.92 Å². The van der Waals surface area contributed by atoms with E-state index in [0.717, 1.165) is 51.3 Å². The topological polar surface area (TPSA) is 85.8 Å². The van der Waals surface area contributed by atoms with E-state index in [-0.39, 0.29) is 0 Å². The van der Waals surface area contributed by atoms with Crippen LogP contribution in [0.3, 0.4) is 0 Å². The van der Waals surface area contributed by atoms with Crippen molar-refractivity contribution in [3.8, 4) is 0 Å². The first-order chi connectivity index (χ1) is 16.3. The molecule has 0 spiro atoms. The maximum absolute atomic E-state index is 4.89. The van der Waals surface area contributed by atoms with E-state index in [2.05, 4.69) is 25.9 Å². The zero-order valence-corrected chi connectivity index (χ0v) is 18.2. The third kappa shape index (κ3) is 3.55. The summed E-state index contributed by atoms with van der Waals surface area (Å²) < 4.78 is 4.03. The molecule has 0 aliphatic carbocycles. The predicted octanol–water partition coefficient (Wildman–Crippen LogP) is 4.19. The number of imidazole rings is 1.